The summed E-state index contributed by atoms with van der Waals surface area (Å²) in [6.45, 7) is 4.95. The summed E-state index contributed by atoms with van der Waals surface area (Å²) in [4.78, 5) is 35.6. The molecule has 5 rings (SSSR count). The number of nitrogens with zero attached hydrogens (tertiary/aromatic N) is 5. The van der Waals surface area contributed by atoms with Crippen LogP contribution in [0.3, 0.4) is 0 Å². The maximum atomic E-state index is 14.6. The van der Waals surface area contributed by atoms with Crippen molar-refractivity contribution in [2.45, 2.75) is 19.4 Å². The van der Waals surface area contributed by atoms with E-state index < -0.39 is 17.1 Å². The molecule has 180 valence electrons. The molecule has 0 saturated carbocycles. The van der Waals surface area contributed by atoms with E-state index >= 15 is 0 Å². The minimum atomic E-state index is -0.481. The quantitative estimate of drug-likeness (QED) is 0.386. The number of aromatic nitrogens is 3. The Morgan fingerprint density at radius 1 is 0.829 bits per heavy atom. The highest BCUT2D eigenvalue weighted by Crippen LogP contribution is 2.23. The zero-order valence-corrected chi connectivity index (χ0v) is 19.5. The molecule has 1 aromatic carbocycles. The first kappa shape index (κ1) is 23.0. The minimum Gasteiger partial charge on any atom is -0.354 e. The second-order valence-corrected chi connectivity index (χ2v) is 8.77. The van der Waals surface area contributed by atoms with Crippen molar-refractivity contribution < 1.29 is 4.39 Å². The van der Waals surface area contributed by atoms with Crippen LogP contribution in [-0.4, -0.2) is 51.6 Å². The van der Waals surface area contributed by atoms with Gasteiger partial charge in [-0.25, -0.2) is 14.2 Å². The van der Waals surface area contributed by atoms with Gasteiger partial charge in [0.25, 0.3) is 5.56 Å². The molecule has 0 bridgehead atoms. The lowest BCUT2D eigenvalue weighted by Crippen LogP contribution is -2.47. The van der Waals surface area contributed by atoms with E-state index in [4.69, 9.17) is 0 Å². The molecule has 4 heterocycles. The maximum Gasteiger partial charge on any atom is 0.335 e. The molecule has 0 atom stereocenters. The van der Waals surface area contributed by atoms with Gasteiger partial charge in [0.05, 0.1) is 11.1 Å². The predicted octanol–water partition coefficient (Wildman–Crippen LogP) is 3.26. The van der Waals surface area contributed by atoms with Crippen LogP contribution in [0.5, 0.6) is 0 Å². The number of benzene rings is 1. The standard InChI is InChI=1S/C27H28FN5O2/c28-22-10-2-1-9-21(22)25-23-11-4-6-15-32(23)27(35)33(26(25)34)16-8-7-14-30-17-19-31(20-18-30)24-12-3-5-13-29-24/h1-6,9-13,15H,7-8,14,16-20H2. The molecule has 4 aromatic rings. The van der Waals surface area contributed by atoms with Crippen molar-refractivity contribution in [2.24, 2.45) is 0 Å². The van der Waals surface area contributed by atoms with Crippen molar-refractivity contribution in [3.8, 4) is 11.1 Å². The van der Waals surface area contributed by atoms with Crippen molar-refractivity contribution in [1.29, 1.82) is 0 Å². The Labute approximate surface area is 202 Å². The molecule has 0 amide bonds. The first-order valence-electron chi connectivity index (χ1n) is 12.0. The third-order valence-electron chi connectivity index (χ3n) is 6.61. The third-order valence-corrected chi connectivity index (χ3v) is 6.61. The Balaban J connectivity index is 1.28. The zero-order valence-electron chi connectivity index (χ0n) is 19.5. The smallest absolute Gasteiger partial charge is 0.335 e. The van der Waals surface area contributed by atoms with Gasteiger partial charge in [0.1, 0.15) is 11.6 Å². The van der Waals surface area contributed by atoms with Gasteiger partial charge in [0.15, 0.2) is 0 Å². The van der Waals surface area contributed by atoms with Crippen LogP contribution >= 0.6 is 0 Å². The monoisotopic (exact) mass is 473 g/mol. The lowest BCUT2D eigenvalue weighted by molar-refractivity contribution is 0.250. The number of pyridine rings is 2. The molecular weight excluding hydrogens is 445 g/mol. The van der Waals surface area contributed by atoms with Crippen LogP contribution < -0.4 is 16.1 Å². The molecule has 1 fully saturated rings. The molecule has 0 N–H and O–H groups in total. The molecule has 0 aliphatic carbocycles. The molecule has 0 radical (unpaired) electrons. The van der Waals surface area contributed by atoms with Crippen LogP contribution in [0.2, 0.25) is 0 Å². The van der Waals surface area contributed by atoms with Crippen LogP contribution in [0.4, 0.5) is 10.2 Å². The van der Waals surface area contributed by atoms with Gasteiger partial charge in [0, 0.05) is 50.7 Å². The van der Waals surface area contributed by atoms with E-state index in [1.165, 1.54) is 15.0 Å². The SMILES string of the molecule is O=c1c(-c2ccccc2F)c2ccccn2c(=O)n1CCCCN1CCN(c2ccccn2)CC1. The summed E-state index contributed by atoms with van der Waals surface area (Å²) in [5, 5.41) is 0. The highest BCUT2D eigenvalue weighted by atomic mass is 19.1. The predicted molar refractivity (Wildman–Crippen MR) is 135 cm³/mol. The Morgan fingerprint density at radius 3 is 2.34 bits per heavy atom. The molecule has 1 aliphatic heterocycles. The molecule has 1 saturated heterocycles. The van der Waals surface area contributed by atoms with Gasteiger partial charge in [-0.2, -0.15) is 0 Å². The summed E-state index contributed by atoms with van der Waals surface area (Å²) in [6, 6.07) is 17.3. The van der Waals surface area contributed by atoms with Gasteiger partial charge in [-0.3, -0.25) is 18.7 Å². The van der Waals surface area contributed by atoms with Gasteiger partial charge in [-0.1, -0.05) is 30.3 Å². The second kappa shape index (κ2) is 10.2. The van der Waals surface area contributed by atoms with Crippen molar-refractivity contribution in [1.82, 2.24) is 18.9 Å². The summed E-state index contributed by atoms with van der Waals surface area (Å²) in [7, 11) is 0. The molecule has 3 aromatic heterocycles. The average Bonchev–Trinajstić information content (AvgIpc) is 2.90. The van der Waals surface area contributed by atoms with E-state index in [0.29, 0.717) is 18.5 Å². The highest BCUT2D eigenvalue weighted by Gasteiger charge is 2.19. The van der Waals surface area contributed by atoms with E-state index in [1.54, 1.807) is 42.6 Å². The van der Waals surface area contributed by atoms with Crippen molar-refractivity contribution in [2.75, 3.05) is 37.6 Å². The topological polar surface area (TPSA) is 62.9 Å². The number of piperazine rings is 1. The van der Waals surface area contributed by atoms with Crippen LogP contribution in [0, 0.1) is 5.82 Å². The Hall–Kier alpha value is -3.78. The third kappa shape index (κ3) is 4.74. The van der Waals surface area contributed by atoms with Gasteiger partial charge in [-0.15, -0.1) is 0 Å². The number of halogens is 1. The summed E-state index contributed by atoms with van der Waals surface area (Å²) >= 11 is 0. The van der Waals surface area contributed by atoms with Crippen molar-refractivity contribution in [3.05, 3.63) is 99.7 Å². The Kier molecular flexibility index (Phi) is 6.72. The van der Waals surface area contributed by atoms with Gasteiger partial charge in [-0.05, 0) is 49.7 Å². The van der Waals surface area contributed by atoms with Crippen LogP contribution in [0.1, 0.15) is 12.8 Å². The summed E-state index contributed by atoms with van der Waals surface area (Å²) in [5.74, 6) is 0.527. The van der Waals surface area contributed by atoms with Crippen molar-refractivity contribution in [3.63, 3.8) is 0 Å². The summed E-state index contributed by atoms with van der Waals surface area (Å²) in [6.07, 6.45) is 4.99. The summed E-state index contributed by atoms with van der Waals surface area (Å²) < 4.78 is 17.3. The molecule has 35 heavy (non-hydrogen) atoms. The van der Waals surface area contributed by atoms with Crippen LogP contribution in [0.25, 0.3) is 16.6 Å². The maximum absolute atomic E-state index is 14.6. The van der Waals surface area contributed by atoms with Crippen LogP contribution in [0.15, 0.2) is 82.6 Å². The minimum absolute atomic E-state index is 0.209. The molecular formula is C27H28FN5O2. The molecule has 7 nitrogen and oxygen atoms in total. The Bertz CT molecular complexity index is 1430. The van der Waals surface area contributed by atoms with Gasteiger partial charge >= 0.3 is 5.69 Å². The number of rotatable bonds is 7. The largest absolute Gasteiger partial charge is 0.354 e. The second-order valence-electron chi connectivity index (χ2n) is 8.77. The van der Waals surface area contributed by atoms with E-state index in [2.05, 4.69) is 14.8 Å². The lowest BCUT2D eigenvalue weighted by atomic mass is 10.1. The van der Waals surface area contributed by atoms with Crippen LogP contribution in [-0.2, 0) is 6.54 Å². The Morgan fingerprint density at radius 2 is 1.57 bits per heavy atom. The number of fused-ring (bicyclic) bond motifs is 1. The summed E-state index contributed by atoms with van der Waals surface area (Å²) in [5.41, 5.74) is -0.00534. The van der Waals surface area contributed by atoms with Crippen molar-refractivity contribution >= 4 is 11.3 Å². The van der Waals surface area contributed by atoms with E-state index in [9.17, 15) is 14.0 Å². The first-order valence-corrected chi connectivity index (χ1v) is 12.0. The molecule has 0 spiro atoms. The fourth-order valence-corrected chi connectivity index (χ4v) is 4.74. The van der Waals surface area contributed by atoms with E-state index in [-0.39, 0.29) is 11.1 Å². The fraction of sp³-hybridized carbons (Fsp3) is 0.296. The molecule has 1 aliphatic rings. The number of hydrogen-bond donors (Lipinski definition) is 0. The highest BCUT2D eigenvalue weighted by molar-refractivity contribution is 5.79. The zero-order chi connectivity index (χ0) is 24.2. The first-order chi connectivity index (χ1) is 17.1. The average molecular weight is 474 g/mol. The number of unbranched alkanes of at least 4 members (excludes halogenated alkanes) is 1. The van der Waals surface area contributed by atoms with Gasteiger partial charge in [0.2, 0.25) is 0 Å². The lowest BCUT2D eigenvalue weighted by Gasteiger charge is -2.35. The number of hydrogen-bond acceptors (Lipinski definition) is 5. The van der Waals surface area contributed by atoms with E-state index in [1.807, 2.05) is 24.4 Å². The molecule has 8 heteroatoms. The normalized spacial score (nSPS) is 14.5. The fourth-order valence-electron chi connectivity index (χ4n) is 4.74. The van der Waals surface area contributed by atoms with Gasteiger partial charge < -0.3 is 4.90 Å². The number of anilines is 1. The molecule has 0 unspecified atom stereocenters. The van der Waals surface area contributed by atoms with E-state index in [0.717, 1.165) is 45.0 Å².